The van der Waals surface area contributed by atoms with Crippen molar-refractivity contribution in [3.05, 3.63) is 95.6 Å². The summed E-state index contributed by atoms with van der Waals surface area (Å²) >= 11 is 0. The second-order valence-corrected chi connectivity index (χ2v) is 8.52. The largest absolute Gasteiger partial charge is 0.481 e. The van der Waals surface area contributed by atoms with Crippen molar-refractivity contribution in [2.24, 2.45) is 0 Å². The van der Waals surface area contributed by atoms with E-state index in [1.165, 1.54) is 5.56 Å². The van der Waals surface area contributed by atoms with Crippen LogP contribution in [0.3, 0.4) is 0 Å². The maximum Gasteiger partial charge on any atom is 0.265 e. The molecule has 0 fully saturated rings. The van der Waals surface area contributed by atoms with E-state index in [4.69, 9.17) is 4.74 Å². The fraction of sp³-hybridized carbons (Fsp3) is 0.259. The normalized spacial score (nSPS) is 12.1. The zero-order chi connectivity index (χ0) is 22.4. The molecule has 0 aromatic heterocycles. The molecule has 160 valence electrons. The first-order valence-electron chi connectivity index (χ1n) is 10.6. The number of hydrogen-bond donors (Lipinski definition) is 1. The molecule has 0 saturated carbocycles. The lowest BCUT2D eigenvalue weighted by Gasteiger charge is -2.21. The summed E-state index contributed by atoms with van der Waals surface area (Å²) in [5, 5.41) is 2.88. The van der Waals surface area contributed by atoms with E-state index in [-0.39, 0.29) is 17.1 Å². The number of hydrogen-bond acceptors (Lipinski definition) is 3. The zero-order valence-corrected chi connectivity index (χ0v) is 18.5. The van der Waals surface area contributed by atoms with E-state index >= 15 is 0 Å². The lowest BCUT2D eigenvalue weighted by molar-refractivity contribution is -0.122. The van der Waals surface area contributed by atoms with Gasteiger partial charge >= 0.3 is 0 Å². The maximum atomic E-state index is 12.9. The van der Waals surface area contributed by atoms with Gasteiger partial charge < -0.3 is 10.1 Å². The monoisotopic (exact) mass is 415 g/mol. The lowest BCUT2D eigenvalue weighted by Crippen LogP contribution is -2.33. The molecule has 3 aromatic carbocycles. The third kappa shape index (κ3) is 5.60. The van der Waals surface area contributed by atoms with Crippen LogP contribution in [0.15, 0.2) is 78.9 Å². The summed E-state index contributed by atoms with van der Waals surface area (Å²) in [5.41, 5.74) is 2.75. The van der Waals surface area contributed by atoms with Gasteiger partial charge in [-0.25, -0.2) is 0 Å². The molecule has 3 rings (SSSR count). The number of amides is 1. The van der Waals surface area contributed by atoms with Gasteiger partial charge in [-0.2, -0.15) is 0 Å². The number of para-hydroxylation sites is 1. The summed E-state index contributed by atoms with van der Waals surface area (Å²) in [6.45, 7) is 8.35. The molecule has 31 heavy (non-hydrogen) atoms. The molecule has 1 atom stereocenters. The molecular weight excluding hydrogens is 386 g/mol. The van der Waals surface area contributed by atoms with Crippen LogP contribution >= 0.6 is 0 Å². The van der Waals surface area contributed by atoms with Gasteiger partial charge in [0.2, 0.25) is 0 Å². The van der Waals surface area contributed by atoms with Crippen LogP contribution in [0.4, 0.5) is 5.69 Å². The molecule has 1 unspecified atom stereocenters. The van der Waals surface area contributed by atoms with Gasteiger partial charge in [-0.3, -0.25) is 9.59 Å². The van der Waals surface area contributed by atoms with Crippen molar-refractivity contribution in [1.82, 2.24) is 0 Å². The highest BCUT2D eigenvalue weighted by molar-refractivity contribution is 6.14. The van der Waals surface area contributed by atoms with E-state index < -0.39 is 6.10 Å². The Morgan fingerprint density at radius 1 is 0.871 bits per heavy atom. The molecule has 4 heteroatoms. The van der Waals surface area contributed by atoms with Crippen LogP contribution < -0.4 is 10.1 Å². The number of carbonyl (C=O) groups is 2. The molecule has 0 spiro atoms. The Kier molecular flexibility index (Phi) is 6.91. The van der Waals surface area contributed by atoms with Crippen molar-refractivity contribution < 1.29 is 14.3 Å². The van der Waals surface area contributed by atoms with Crippen molar-refractivity contribution in [2.75, 3.05) is 5.32 Å². The molecular formula is C27H29NO3. The fourth-order valence-corrected chi connectivity index (χ4v) is 3.27. The quantitative estimate of drug-likeness (QED) is 0.481. The van der Waals surface area contributed by atoms with Crippen LogP contribution in [0.25, 0.3) is 0 Å². The van der Waals surface area contributed by atoms with E-state index in [1.54, 1.807) is 36.4 Å². The van der Waals surface area contributed by atoms with Crippen molar-refractivity contribution >= 4 is 17.4 Å². The van der Waals surface area contributed by atoms with Gasteiger partial charge in [0, 0.05) is 11.1 Å². The molecule has 0 heterocycles. The average molecular weight is 416 g/mol. The molecule has 0 radical (unpaired) electrons. The molecule has 3 aromatic rings. The van der Waals surface area contributed by atoms with Crippen LogP contribution in [0.2, 0.25) is 0 Å². The molecule has 4 nitrogen and oxygen atoms in total. The number of nitrogens with one attached hydrogen (secondary N) is 1. The molecule has 0 aliphatic carbocycles. The van der Waals surface area contributed by atoms with Crippen LogP contribution in [0.5, 0.6) is 5.75 Å². The average Bonchev–Trinajstić information content (AvgIpc) is 2.77. The Labute approximate surface area is 184 Å². The van der Waals surface area contributed by atoms with E-state index in [2.05, 4.69) is 26.1 Å². The van der Waals surface area contributed by atoms with Crippen molar-refractivity contribution in [3.8, 4) is 5.75 Å². The molecule has 1 amide bonds. The van der Waals surface area contributed by atoms with Gasteiger partial charge in [-0.1, -0.05) is 82.3 Å². The van der Waals surface area contributed by atoms with Crippen LogP contribution in [-0.2, 0) is 10.2 Å². The minimum absolute atomic E-state index is 0.0507. The number of ketones is 1. The number of anilines is 1. The third-order valence-corrected chi connectivity index (χ3v) is 5.13. The first-order chi connectivity index (χ1) is 14.8. The van der Waals surface area contributed by atoms with E-state index in [1.807, 2.05) is 49.4 Å². The summed E-state index contributed by atoms with van der Waals surface area (Å²) in [7, 11) is 0. The zero-order valence-electron chi connectivity index (χ0n) is 18.5. The lowest BCUT2D eigenvalue weighted by atomic mass is 9.87. The van der Waals surface area contributed by atoms with Crippen molar-refractivity contribution in [2.45, 2.75) is 45.6 Å². The number of rotatable bonds is 7. The van der Waals surface area contributed by atoms with Gasteiger partial charge in [0.15, 0.2) is 11.9 Å². The number of carbonyl (C=O) groups excluding carboxylic acids is 2. The van der Waals surface area contributed by atoms with Crippen LogP contribution in [0.1, 0.15) is 55.6 Å². The summed E-state index contributed by atoms with van der Waals surface area (Å²) in [6.07, 6.45) is -0.165. The highest BCUT2D eigenvalue weighted by atomic mass is 16.5. The predicted molar refractivity (Wildman–Crippen MR) is 125 cm³/mol. The highest BCUT2D eigenvalue weighted by Crippen LogP contribution is 2.25. The van der Waals surface area contributed by atoms with Gasteiger partial charge in [-0.15, -0.1) is 0 Å². The van der Waals surface area contributed by atoms with E-state index in [9.17, 15) is 9.59 Å². The SMILES string of the molecule is CCC(Oc1ccc(C(C)(C)C)cc1)C(=O)Nc1ccccc1C(=O)c1ccccc1. The summed E-state index contributed by atoms with van der Waals surface area (Å²) in [5.74, 6) is 0.225. The molecule has 0 aliphatic heterocycles. The first-order valence-corrected chi connectivity index (χ1v) is 10.6. The van der Waals surface area contributed by atoms with E-state index in [0.29, 0.717) is 29.0 Å². The Hall–Kier alpha value is -3.40. The van der Waals surface area contributed by atoms with Gasteiger partial charge in [-0.05, 0) is 41.7 Å². The molecule has 1 N–H and O–H groups in total. The predicted octanol–water partition coefficient (Wildman–Crippen LogP) is 6.01. The minimum Gasteiger partial charge on any atom is -0.481 e. The van der Waals surface area contributed by atoms with Gasteiger partial charge in [0.25, 0.3) is 5.91 Å². The molecule has 0 aliphatic rings. The summed E-state index contributed by atoms with van der Waals surface area (Å²) in [4.78, 5) is 25.8. The standard InChI is InChI=1S/C27H29NO3/c1-5-24(31-21-17-15-20(16-18-21)27(2,3)4)26(30)28-23-14-10-9-13-22(23)25(29)19-11-7-6-8-12-19/h6-18,24H,5H2,1-4H3,(H,28,30). The van der Waals surface area contributed by atoms with Crippen LogP contribution in [0, 0.1) is 0 Å². The van der Waals surface area contributed by atoms with Crippen LogP contribution in [-0.4, -0.2) is 17.8 Å². The third-order valence-electron chi connectivity index (χ3n) is 5.13. The van der Waals surface area contributed by atoms with Crippen molar-refractivity contribution in [3.63, 3.8) is 0 Å². The second kappa shape index (κ2) is 9.61. The minimum atomic E-state index is -0.666. The summed E-state index contributed by atoms with van der Waals surface area (Å²) < 4.78 is 5.95. The molecule has 0 bridgehead atoms. The van der Waals surface area contributed by atoms with E-state index in [0.717, 1.165) is 0 Å². The smallest absolute Gasteiger partial charge is 0.265 e. The Bertz CT molecular complexity index is 1030. The van der Waals surface area contributed by atoms with Gasteiger partial charge in [0.05, 0.1) is 5.69 Å². The number of benzene rings is 3. The Morgan fingerprint density at radius 3 is 2.10 bits per heavy atom. The highest BCUT2D eigenvalue weighted by Gasteiger charge is 2.22. The second-order valence-electron chi connectivity index (χ2n) is 8.52. The van der Waals surface area contributed by atoms with Crippen molar-refractivity contribution in [1.29, 1.82) is 0 Å². The topological polar surface area (TPSA) is 55.4 Å². The Balaban J connectivity index is 1.75. The first kappa shape index (κ1) is 22.3. The fourth-order valence-electron chi connectivity index (χ4n) is 3.27. The molecule has 0 saturated heterocycles. The number of ether oxygens (including phenoxy) is 1. The Morgan fingerprint density at radius 2 is 1.48 bits per heavy atom. The maximum absolute atomic E-state index is 12.9. The van der Waals surface area contributed by atoms with Gasteiger partial charge in [0.1, 0.15) is 5.75 Å². The summed E-state index contributed by atoms with van der Waals surface area (Å²) in [6, 6.07) is 23.9.